The summed E-state index contributed by atoms with van der Waals surface area (Å²) >= 11 is 1.47. The van der Waals surface area contributed by atoms with Gasteiger partial charge in [-0.1, -0.05) is 24.3 Å². The summed E-state index contributed by atoms with van der Waals surface area (Å²) in [5.41, 5.74) is 2.41. The Labute approximate surface area is 133 Å². The number of benzene rings is 2. The van der Waals surface area contributed by atoms with Gasteiger partial charge < -0.3 is 10.4 Å². The van der Waals surface area contributed by atoms with Crippen molar-refractivity contribution < 1.29 is 14.3 Å². The fourth-order valence-electron chi connectivity index (χ4n) is 1.92. The fourth-order valence-corrected chi connectivity index (χ4v) is 2.70. The van der Waals surface area contributed by atoms with E-state index in [0.717, 1.165) is 11.1 Å². The molecule has 116 valence electrons. The summed E-state index contributed by atoms with van der Waals surface area (Å²) < 4.78 is 12.8. The van der Waals surface area contributed by atoms with E-state index in [9.17, 15) is 14.3 Å². The zero-order valence-corrected chi connectivity index (χ0v) is 13.1. The van der Waals surface area contributed by atoms with Crippen LogP contribution < -0.4 is 5.32 Å². The van der Waals surface area contributed by atoms with Crippen LogP contribution in [0.25, 0.3) is 0 Å². The van der Waals surface area contributed by atoms with Crippen LogP contribution in [0.4, 0.5) is 10.1 Å². The van der Waals surface area contributed by atoms with E-state index in [2.05, 4.69) is 5.32 Å². The molecule has 2 rings (SSSR count). The molecular weight excluding hydrogens is 301 g/mol. The Morgan fingerprint density at radius 1 is 1.27 bits per heavy atom. The Morgan fingerprint density at radius 3 is 2.68 bits per heavy atom. The van der Waals surface area contributed by atoms with Crippen molar-refractivity contribution in [3.8, 4) is 0 Å². The molecule has 0 heterocycles. The summed E-state index contributed by atoms with van der Waals surface area (Å²) in [5.74, 6) is 0.608. The molecule has 0 aliphatic heterocycles. The Hall–Kier alpha value is -1.85. The summed E-state index contributed by atoms with van der Waals surface area (Å²) in [6.07, 6.45) is -0.565. The largest absolute Gasteiger partial charge is 0.389 e. The SMILES string of the molecule is C[C@@H](O)c1cccc(NC(=O)CSCc2ccc(F)cc2)c1. The highest BCUT2D eigenvalue weighted by Gasteiger charge is 2.06. The quantitative estimate of drug-likeness (QED) is 0.852. The van der Waals surface area contributed by atoms with E-state index in [0.29, 0.717) is 17.2 Å². The van der Waals surface area contributed by atoms with E-state index in [1.54, 1.807) is 37.3 Å². The number of aliphatic hydroxyl groups excluding tert-OH is 1. The fraction of sp³-hybridized carbons (Fsp3) is 0.235. The molecule has 2 aromatic carbocycles. The minimum Gasteiger partial charge on any atom is -0.389 e. The standard InChI is InChI=1S/C17H18FNO2S/c1-12(20)14-3-2-4-16(9-14)19-17(21)11-22-10-13-5-7-15(18)8-6-13/h2-9,12,20H,10-11H2,1H3,(H,19,21)/t12-/m1/s1. The van der Waals surface area contributed by atoms with Crippen molar-refractivity contribution in [2.75, 3.05) is 11.1 Å². The molecule has 3 nitrogen and oxygen atoms in total. The average molecular weight is 319 g/mol. The Morgan fingerprint density at radius 2 is 2.00 bits per heavy atom. The van der Waals surface area contributed by atoms with Crippen LogP contribution in [0.2, 0.25) is 0 Å². The van der Waals surface area contributed by atoms with Gasteiger partial charge in [-0.25, -0.2) is 4.39 Å². The van der Waals surface area contributed by atoms with Crippen LogP contribution in [-0.2, 0) is 10.5 Å². The van der Waals surface area contributed by atoms with Crippen molar-refractivity contribution in [2.24, 2.45) is 0 Å². The monoisotopic (exact) mass is 319 g/mol. The average Bonchev–Trinajstić information content (AvgIpc) is 2.49. The van der Waals surface area contributed by atoms with Gasteiger partial charge in [-0.05, 0) is 42.3 Å². The maximum absolute atomic E-state index is 12.8. The van der Waals surface area contributed by atoms with E-state index in [4.69, 9.17) is 0 Å². The van der Waals surface area contributed by atoms with Gasteiger partial charge >= 0.3 is 0 Å². The first-order valence-electron chi connectivity index (χ1n) is 6.94. The number of nitrogens with one attached hydrogen (secondary N) is 1. The Balaban J connectivity index is 1.80. The first-order valence-corrected chi connectivity index (χ1v) is 8.10. The molecule has 0 saturated heterocycles. The van der Waals surface area contributed by atoms with E-state index < -0.39 is 6.10 Å². The smallest absolute Gasteiger partial charge is 0.234 e. The zero-order valence-electron chi connectivity index (χ0n) is 12.3. The second-order valence-corrected chi connectivity index (χ2v) is 5.95. The molecule has 2 N–H and O–H groups in total. The molecule has 0 saturated carbocycles. The molecule has 0 aliphatic carbocycles. The number of halogens is 1. The number of thioether (sulfide) groups is 1. The lowest BCUT2D eigenvalue weighted by Gasteiger charge is -2.09. The molecule has 0 radical (unpaired) electrons. The van der Waals surface area contributed by atoms with Gasteiger partial charge in [-0.3, -0.25) is 4.79 Å². The van der Waals surface area contributed by atoms with Crippen LogP contribution >= 0.6 is 11.8 Å². The van der Waals surface area contributed by atoms with Crippen molar-refractivity contribution in [3.63, 3.8) is 0 Å². The van der Waals surface area contributed by atoms with Crippen molar-refractivity contribution in [2.45, 2.75) is 18.8 Å². The van der Waals surface area contributed by atoms with Gasteiger partial charge in [-0.2, -0.15) is 0 Å². The molecule has 1 amide bonds. The van der Waals surface area contributed by atoms with Gasteiger partial charge in [0, 0.05) is 11.4 Å². The third-order valence-electron chi connectivity index (χ3n) is 3.07. The molecule has 0 fully saturated rings. The maximum atomic E-state index is 12.8. The van der Waals surface area contributed by atoms with Crippen LogP contribution in [0.5, 0.6) is 0 Å². The summed E-state index contributed by atoms with van der Waals surface area (Å²) in [4.78, 5) is 11.9. The molecule has 0 aromatic heterocycles. The number of carbonyl (C=O) groups excluding carboxylic acids is 1. The number of rotatable bonds is 6. The first kappa shape index (κ1) is 16.5. The van der Waals surface area contributed by atoms with Gasteiger partial charge in [0.05, 0.1) is 11.9 Å². The third kappa shape index (κ3) is 5.16. The van der Waals surface area contributed by atoms with Gasteiger partial charge in [-0.15, -0.1) is 11.8 Å². The van der Waals surface area contributed by atoms with Crippen LogP contribution in [0, 0.1) is 5.82 Å². The summed E-state index contributed by atoms with van der Waals surface area (Å²) in [5, 5.41) is 12.3. The molecular formula is C17H18FNO2S. The third-order valence-corrected chi connectivity index (χ3v) is 4.07. The minimum absolute atomic E-state index is 0.102. The molecule has 0 unspecified atom stereocenters. The normalized spacial score (nSPS) is 12.0. The number of aliphatic hydroxyl groups is 1. The number of hydrogen-bond acceptors (Lipinski definition) is 3. The highest BCUT2D eigenvalue weighted by Crippen LogP contribution is 2.18. The van der Waals surface area contributed by atoms with E-state index in [1.807, 2.05) is 6.07 Å². The number of amides is 1. The predicted molar refractivity (Wildman–Crippen MR) is 88.3 cm³/mol. The molecule has 0 spiro atoms. The topological polar surface area (TPSA) is 49.3 Å². The molecule has 0 aliphatic rings. The molecule has 2 aromatic rings. The number of anilines is 1. The number of hydrogen-bond donors (Lipinski definition) is 2. The van der Waals surface area contributed by atoms with Crippen molar-refractivity contribution in [3.05, 3.63) is 65.5 Å². The highest BCUT2D eigenvalue weighted by molar-refractivity contribution is 7.99. The van der Waals surface area contributed by atoms with Crippen molar-refractivity contribution >= 4 is 23.4 Å². The second kappa shape index (κ2) is 7.96. The zero-order chi connectivity index (χ0) is 15.9. The summed E-state index contributed by atoms with van der Waals surface area (Å²) in [6, 6.07) is 13.4. The Kier molecular flexibility index (Phi) is 5.98. The predicted octanol–water partition coefficient (Wildman–Crippen LogP) is 3.75. The molecule has 0 bridgehead atoms. The lowest BCUT2D eigenvalue weighted by molar-refractivity contribution is -0.113. The van der Waals surface area contributed by atoms with Crippen LogP contribution in [0.15, 0.2) is 48.5 Å². The molecule has 1 atom stereocenters. The molecule has 5 heteroatoms. The summed E-state index contributed by atoms with van der Waals surface area (Å²) in [7, 11) is 0. The highest BCUT2D eigenvalue weighted by atomic mass is 32.2. The maximum Gasteiger partial charge on any atom is 0.234 e. The lowest BCUT2D eigenvalue weighted by atomic mass is 10.1. The number of carbonyl (C=O) groups is 1. The van der Waals surface area contributed by atoms with E-state index >= 15 is 0 Å². The van der Waals surface area contributed by atoms with Gasteiger partial charge in [0.1, 0.15) is 5.82 Å². The Bertz CT molecular complexity index is 629. The lowest BCUT2D eigenvalue weighted by Crippen LogP contribution is -2.14. The first-order chi connectivity index (χ1) is 10.5. The van der Waals surface area contributed by atoms with Crippen molar-refractivity contribution in [1.82, 2.24) is 0 Å². The van der Waals surface area contributed by atoms with E-state index in [-0.39, 0.29) is 11.7 Å². The van der Waals surface area contributed by atoms with Gasteiger partial charge in [0.25, 0.3) is 0 Å². The van der Waals surface area contributed by atoms with E-state index in [1.165, 1.54) is 23.9 Å². The molecule has 22 heavy (non-hydrogen) atoms. The summed E-state index contributed by atoms with van der Waals surface area (Å²) in [6.45, 7) is 1.68. The van der Waals surface area contributed by atoms with Crippen LogP contribution in [-0.4, -0.2) is 16.8 Å². The van der Waals surface area contributed by atoms with Gasteiger partial charge in [0.15, 0.2) is 0 Å². The second-order valence-electron chi connectivity index (χ2n) is 4.97. The van der Waals surface area contributed by atoms with Gasteiger partial charge in [0.2, 0.25) is 5.91 Å². The van der Waals surface area contributed by atoms with Crippen LogP contribution in [0.3, 0.4) is 0 Å². The van der Waals surface area contributed by atoms with Crippen molar-refractivity contribution in [1.29, 1.82) is 0 Å². The van der Waals surface area contributed by atoms with Crippen LogP contribution in [0.1, 0.15) is 24.2 Å². The minimum atomic E-state index is -0.565.